The molecule has 5 rings (SSSR count). The molecule has 41 heavy (non-hydrogen) atoms. The van der Waals surface area contributed by atoms with Gasteiger partial charge in [-0.05, 0) is 62.6 Å². The molecule has 1 aliphatic carbocycles. The lowest BCUT2D eigenvalue weighted by atomic mass is 10.0. The highest BCUT2D eigenvalue weighted by atomic mass is 19.4. The van der Waals surface area contributed by atoms with Crippen LogP contribution in [0.25, 0.3) is 17.1 Å². The third-order valence-electron chi connectivity index (χ3n) is 6.64. The molecule has 1 aromatic heterocycles. The van der Waals surface area contributed by atoms with E-state index in [1.54, 1.807) is 21.1 Å². The van der Waals surface area contributed by atoms with Crippen molar-refractivity contribution in [3.05, 3.63) is 59.9 Å². The van der Waals surface area contributed by atoms with Gasteiger partial charge >= 0.3 is 6.36 Å². The van der Waals surface area contributed by atoms with E-state index in [0.717, 1.165) is 28.8 Å². The van der Waals surface area contributed by atoms with Crippen LogP contribution in [-0.4, -0.2) is 77.4 Å². The molecule has 2 unspecified atom stereocenters. The van der Waals surface area contributed by atoms with Crippen molar-refractivity contribution >= 4 is 5.71 Å². The first-order valence-corrected chi connectivity index (χ1v) is 13.1. The van der Waals surface area contributed by atoms with Crippen LogP contribution >= 0.6 is 0 Å². The fourth-order valence-corrected chi connectivity index (χ4v) is 4.65. The second-order valence-electron chi connectivity index (χ2n) is 9.38. The number of ether oxygens (including phenoxy) is 4. The number of oxime groups is 1. The zero-order valence-corrected chi connectivity index (χ0v) is 23.2. The van der Waals surface area contributed by atoms with Crippen LogP contribution < -0.4 is 4.74 Å². The van der Waals surface area contributed by atoms with Crippen molar-refractivity contribution in [1.29, 1.82) is 0 Å². The third kappa shape index (κ3) is 7.61. The van der Waals surface area contributed by atoms with Crippen LogP contribution in [0.3, 0.4) is 0 Å². The molecule has 0 saturated carbocycles. The minimum atomic E-state index is -4.74. The smallest absolute Gasteiger partial charge is 0.406 e. The number of benzene rings is 2. The number of fused-ring (bicyclic) bond motifs is 1. The second kappa shape index (κ2) is 13.4. The normalized spacial score (nSPS) is 23.1. The highest BCUT2D eigenvalue weighted by Gasteiger charge is 2.38. The first-order valence-electron chi connectivity index (χ1n) is 13.1. The van der Waals surface area contributed by atoms with Gasteiger partial charge in [-0.15, -0.1) is 18.3 Å². The number of hydrogen-bond donors (Lipinski definition) is 1. The molecule has 2 heterocycles. The average Bonchev–Trinajstić information content (AvgIpc) is 3.59. The van der Waals surface area contributed by atoms with Crippen LogP contribution in [0.2, 0.25) is 0 Å². The van der Waals surface area contributed by atoms with Gasteiger partial charge in [0.05, 0.1) is 23.6 Å². The van der Waals surface area contributed by atoms with Crippen LogP contribution in [0.4, 0.5) is 13.2 Å². The van der Waals surface area contributed by atoms with Crippen LogP contribution in [-0.2, 0) is 25.5 Å². The summed E-state index contributed by atoms with van der Waals surface area (Å²) in [6.07, 6.45) is -2.22. The summed E-state index contributed by atoms with van der Waals surface area (Å²) in [6, 6.07) is 11.3. The summed E-state index contributed by atoms with van der Waals surface area (Å²) in [5, 5.41) is 16.5. The van der Waals surface area contributed by atoms with Gasteiger partial charge in [0, 0.05) is 38.4 Å². The summed E-state index contributed by atoms with van der Waals surface area (Å²) >= 11 is 0. The molecule has 4 atom stereocenters. The molecule has 2 aromatic carbocycles. The Morgan fingerprint density at radius 3 is 2.44 bits per heavy atom. The second-order valence-corrected chi connectivity index (χ2v) is 9.38. The lowest BCUT2D eigenvalue weighted by molar-refractivity contribution is -0.274. The number of halogens is 3. The van der Waals surface area contributed by atoms with Crippen LogP contribution in [0.1, 0.15) is 37.8 Å². The number of aromatic nitrogens is 3. The van der Waals surface area contributed by atoms with E-state index < -0.39 is 12.7 Å². The minimum Gasteiger partial charge on any atom is -0.406 e. The summed E-state index contributed by atoms with van der Waals surface area (Å²) in [6.45, 7) is 3.86. The Balaban J connectivity index is 0.00000124. The summed E-state index contributed by atoms with van der Waals surface area (Å²) in [5.41, 5.74) is 4.27. The van der Waals surface area contributed by atoms with Gasteiger partial charge in [0.15, 0.2) is 5.82 Å². The number of aliphatic hydroxyl groups is 1. The highest BCUT2D eigenvalue weighted by molar-refractivity contribution is 6.04. The number of rotatable bonds is 7. The van der Waals surface area contributed by atoms with Crippen LogP contribution in [0.5, 0.6) is 5.75 Å². The SMILES string of the molecule is CCO.COC1C[C@@H](OC)C(O/N=C2\CCc3cc(-c4ncn(-c5ccc(OC(F)(F)F)cc5)n4)ccc32)O[C@H]1C. The molecule has 10 nitrogen and oxygen atoms in total. The number of aliphatic hydroxyl groups excluding tert-OH is 1. The fourth-order valence-electron chi connectivity index (χ4n) is 4.65. The Bertz CT molecular complexity index is 1310. The molecular formula is C28H33F3N4O6. The van der Waals surface area contributed by atoms with Crippen molar-refractivity contribution < 1.29 is 42.1 Å². The third-order valence-corrected chi connectivity index (χ3v) is 6.64. The molecule has 222 valence electrons. The molecule has 0 radical (unpaired) electrons. The maximum absolute atomic E-state index is 12.4. The quantitative estimate of drug-likeness (QED) is 0.403. The Morgan fingerprint density at radius 1 is 1.07 bits per heavy atom. The highest BCUT2D eigenvalue weighted by Crippen LogP contribution is 2.30. The van der Waals surface area contributed by atoms with Gasteiger partial charge in [0.2, 0.25) is 0 Å². The first-order chi connectivity index (χ1) is 19.6. The molecule has 3 aromatic rings. The zero-order valence-electron chi connectivity index (χ0n) is 23.2. The van der Waals surface area contributed by atoms with E-state index in [1.165, 1.54) is 35.3 Å². The molecule has 1 aliphatic heterocycles. The van der Waals surface area contributed by atoms with Gasteiger partial charge in [0.1, 0.15) is 18.2 Å². The van der Waals surface area contributed by atoms with Gasteiger partial charge in [-0.25, -0.2) is 9.67 Å². The number of nitrogens with zero attached hydrogens (tertiary/aromatic N) is 4. The van der Waals surface area contributed by atoms with E-state index in [-0.39, 0.29) is 30.7 Å². The summed E-state index contributed by atoms with van der Waals surface area (Å²) < 4.78 is 59.5. The molecule has 13 heteroatoms. The van der Waals surface area contributed by atoms with E-state index in [2.05, 4.69) is 20.0 Å². The summed E-state index contributed by atoms with van der Waals surface area (Å²) in [4.78, 5) is 10.1. The predicted molar refractivity (Wildman–Crippen MR) is 143 cm³/mol. The standard InChI is InChI=1S/C26H27F3N4O5.C2H6O/c1-15-22(34-2)13-23(35-3)25(36-15)38-32-21-11-5-16-12-17(4-10-20(16)21)24-30-14-33(31-24)18-6-8-19(9-7-18)37-26(27,28)29;1-2-3/h4,6-10,12,14-15,22-23,25H,5,11,13H2,1-3H3;3H,2H2,1H3/b32-21+;/t15-,22?,23+,25?;/m0./s1. The van der Waals surface area contributed by atoms with Crippen molar-refractivity contribution in [2.24, 2.45) is 5.16 Å². The lowest BCUT2D eigenvalue weighted by Crippen LogP contribution is -2.48. The molecule has 1 fully saturated rings. The predicted octanol–water partition coefficient (Wildman–Crippen LogP) is 4.66. The number of hydrogen-bond acceptors (Lipinski definition) is 9. The molecule has 1 saturated heterocycles. The van der Waals surface area contributed by atoms with Crippen molar-refractivity contribution in [3.63, 3.8) is 0 Å². The van der Waals surface area contributed by atoms with Crippen LogP contribution in [0, 0.1) is 0 Å². The molecule has 0 bridgehead atoms. The molecular weight excluding hydrogens is 545 g/mol. The van der Waals surface area contributed by atoms with E-state index in [0.29, 0.717) is 24.4 Å². The Labute approximate surface area is 235 Å². The van der Waals surface area contributed by atoms with E-state index in [1.807, 2.05) is 25.1 Å². The maximum atomic E-state index is 12.4. The van der Waals surface area contributed by atoms with Crippen molar-refractivity contribution in [2.75, 3.05) is 20.8 Å². The van der Waals surface area contributed by atoms with Gasteiger partial charge < -0.3 is 28.9 Å². The monoisotopic (exact) mass is 578 g/mol. The Kier molecular flexibility index (Phi) is 9.97. The Morgan fingerprint density at radius 2 is 1.78 bits per heavy atom. The van der Waals surface area contributed by atoms with E-state index >= 15 is 0 Å². The van der Waals surface area contributed by atoms with Crippen molar-refractivity contribution in [3.8, 4) is 22.8 Å². The number of methoxy groups -OCH3 is 2. The van der Waals surface area contributed by atoms with Gasteiger partial charge in [0.25, 0.3) is 6.29 Å². The summed E-state index contributed by atoms with van der Waals surface area (Å²) in [7, 11) is 3.26. The maximum Gasteiger partial charge on any atom is 0.573 e. The average molecular weight is 579 g/mol. The molecule has 0 amide bonds. The molecule has 0 spiro atoms. The van der Waals surface area contributed by atoms with Crippen molar-refractivity contribution in [1.82, 2.24) is 14.8 Å². The Hall–Kier alpha value is -3.52. The number of alkyl halides is 3. The lowest BCUT2D eigenvalue weighted by Gasteiger charge is -2.37. The van der Waals surface area contributed by atoms with Gasteiger partial charge in [-0.2, -0.15) is 0 Å². The van der Waals surface area contributed by atoms with Crippen molar-refractivity contribution in [2.45, 2.75) is 64.1 Å². The molecule has 1 N–H and O–H groups in total. The fraction of sp³-hybridized carbons (Fsp3) is 0.464. The molecule has 2 aliphatic rings. The first kappa shape index (κ1) is 30.4. The topological polar surface area (TPSA) is 109 Å². The summed E-state index contributed by atoms with van der Waals surface area (Å²) in [5.74, 6) is 0.188. The van der Waals surface area contributed by atoms with E-state index in [4.69, 9.17) is 24.2 Å². The largest absolute Gasteiger partial charge is 0.573 e. The zero-order chi connectivity index (χ0) is 29.6. The van der Waals surface area contributed by atoms with Gasteiger partial charge in [-0.1, -0.05) is 17.3 Å². The van der Waals surface area contributed by atoms with Gasteiger partial charge in [-0.3, -0.25) is 0 Å². The minimum absolute atomic E-state index is 0.0714. The van der Waals surface area contributed by atoms with E-state index in [9.17, 15) is 13.2 Å². The number of aryl methyl sites for hydroxylation is 1. The van der Waals surface area contributed by atoms with Crippen LogP contribution in [0.15, 0.2) is 53.9 Å².